The van der Waals surface area contributed by atoms with E-state index in [2.05, 4.69) is 24.9 Å². The predicted octanol–water partition coefficient (Wildman–Crippen LogP) is 3.59. The van der Waals surface area contributed by atoms with Gasteiger partial charge in [0.25, 0.3) is 15.9 Å². The highest BCUT2D eigenvalue weighted by molar-refractivity contribution is 7.91. The van der Waals surface area contributed by atoms with Crippen LogP contribution in [0.15, 0.2) is 38.8 Å². The first kappa shape index (κ1) is 20.5. The monoisotopic (exact) mass is 449 g/mol. The van der Waals surface area contributed by atoms with Gasteiger partial charge in [0.15, 0.2) is 4.80 Å². The normalized spacial score (nSPS) is 19.1. The molecule has 0 radical (unpaired) electrons. The Morgan fingerprint density at radius 3 is 2.72 bits per heavy atom. The number of nitrogens with zero attached hydrogens (tertiary/aromatic N) is 3. The van der Waals surface area contributed by atoms with Crippen molar-refractivity contribution >= 4 is 48.8 Å². The first-order valence-corrected chi connectivity index (χ1v) is 12.6. The molecular formula is C20H23N3O3S3. The number of hydrogen-bond acceptors (Lipinski definition) is 5. The van der Waals surface area contributed by atoms with E-state index in [0.29, 0.717) is 17.8 Å². The van der Waals surface area contributed by atoms with E-state index in [9.17, 15) is 13.2 Å². The maximum absolute atomic E-state index is 13.1. The molecule has 1 aromatic carbocycles. The number of carbonyl (C=O) groups is 1. The summed E-state index contributed by atoms with van der Waals surface area (Å²) < 4.78 is 30.7. The summed E-state index contributed by atoms with van der Waals surface area (Å²) in [5.74, 6) is -0.388. The van der Waals surface area contributed by atoms with E-state index in [1.54, 1.807) is 17.5 Å². The number of aryl methyl sites for hydroxylation is 3. The van der Waals surface area contributed by atoms with E-state index in [-0.39, 0.29) is 10.1 Å². The smallest absolute Gasteiger partial charge is 0.266 e. The number of sulfonamides is 1. The van der Waals surface area contributed by atoms with Crippen LogP contribution in [-0.2, 0) is 21.9 Å². The Morgan fingerprint density at radius 2 is 2.00 bits per heavy atom. The molecule has 0 N–H and O–H groups in total. The second kappa shape index (κ2) is 7.79. The van der Waals surface area contributed by atoms with Crippen LogP contribution in [0.25, 0.3) is 10.2 Å². The fraction of sp³-hybridized carbons (Fsp3) is 0.400. The third-order valence-electron chi connectivity index (χ3n) is 5.49. The summed E-state index contributed by atoms with van der Waals surface area (Å²) in [6, 6.07) is 6.66. The Labute approximate surface area is 178 Å². The quantitative estimate of drug-likeness (QED) is 0.613. The highest BCUT2D eigenvalue weighted by Gasteiger charge is 2.38. The summed E-state index contributed by atoms with van der Waals surface area (Å²) in [4.78, 5) is 18.1. The minimum absolute atomic E-state index is 0.274. The third-order valence-corrected chi connectivity index (χ3v) is 9.87. The fourth-order valence-corrected chi connectivity index (χ4v) is 7.62. The molecule has 0 spiro atoms. The molecule has 9 heteroatoms. The molecule has 1 aliphatic heterocycles. The van der Waals surface area contributed by atoms with E-state index < -0.39 is 16.1 Å². The molecule has 29 heavy (non-hydrogen) atoms. The molecular weight excluding hydrogens is 426 g/mol. The minimum Gasteiger partial charge on any atom is -0.319 e. The summed E-state index contributed by atoms with van der Waals surface area (Å²) in [7, 11) is -1.78. The maximum atomic E-state index is 13.1. The van der Waals surface area contributed by atoms with Gasteiger partial charge < -0.3 is 4.57 Å². The van der Waals surface area contributed by atoms with Crippen LogP contribution < -0.4 is 4.80 Å². The van der Waals surface area contributed by atoms with Crippen molar-refractivity contribution in [2.24, 2.45) is 12.0 Å². The first-order valence-electron chi connectivity index (χ1n) is 9.50. The second-order valence-electron chi connectivity index (χ2n) is 7.31. The topological polar surface area (TPSA) is 71.7 Å². The van der Waals surface area contributed by atoms with Gasteiger partial charge in [0.2, 0.25) is 0 Å². The van der Waals surface area contributed by atoms with Gasteiger partial charge in [-0.1, -0.05) is 29.9 Å². The number of amides is 1. The summed E-state index contributed by atoms with van der Waals surface area (Å²) in [5, 5.41) is 1.74. The van der Waals surface area contributed by atoms with E-state index in [1.807, 2.05) is 17.7 Å². The summed E-state index contributed by atoms with van der Waals surface area (Å²) in [6.07, 6.45) is 2.07. The van der Waals surface area contributed by atoms with Gasteiger partial charge in [0.1, 0.15) is 10.3 Å². The van der Waals surface area contributed by atoms with Crippen molar-refractivity contribution in [2.45, 2.75) is 43.4 Å². The molecule has 2 aromatic heterocycles. The van der Waals surface area contributed by atoms with Crippen molar-refractivity contribution in [1.82, 2.24) is 8.87 Å². The van der Waals surface area contributed by atoms with Gasteiger partial charge in [-0.15, -0.1) is 11.3 Å². The van der Waals surface area contributed by atoms with Crippen molar-refractivity contribution < 1.29 is 13.2 Å². The SMILES string of the molecule is Cc1ccc2sc(=NC(=O)C3CCCCN3S(=O)(=O)c3cccs3)n(C)c2c1C. The number of fused-ring (bicyclic) bond motifs is 1. The van der Waals surface area contributed by atoms with Crippen molar-refractivity contribution in [3.8, 4) is 0 Å². The molecule has 4 rings (SSSR count). The van der Waals surface area contributed by atoms with Gasteiger partial charge in [0, 0.05) is 13.6 Å². The number of piperidine rings is 1. The molecule has 1 atom stereocenters. The third kappa shape index (κ3) is 3.61. The van der Waals surface area contributed by atoms with Crippen molar-refractivity contribution in [2.75, 3.05) is 6.54 Å². The van der Waals surface area contributed by atoms with Crippen molar-refractivity contribution in [3.05, 3.63) is 45.6 Å². The van der Waals surface area contributed by atoms with Gasteiger partial charge in [-0.2, -0.15) is 9.30 Å². The molecule has 1 unspecified atom stereocenters. The van der Waals surface area contributed by atoms with Crippen LogP contribution in [0, 0.1) is 13.8 Å². The fourth-order valence-electron chi connectivity index (χ4n) is 3.77. The Balaban J connectivity index is 1.74. The molecule has 1 saturated heterocycles. The molecule has 0 bridgehead atoms. The summed E-state index contributed by atoms with van der Waals surface area (Å²) >= 11 is 2.63. The lowest BCUT2D eigenvalue weighted by molar-refractivity contribution is -0.122. The summed E-state index contributed by atoms with van der Waals surface area (Å²) in [6.45, 7) is 4.47. The van der Waals surface area contributed by atoms with Crippen molar-refractivity contribution in [3.63, 3.8) is 0 Å². The van der Waals surface area contributed by atoms with Gasteiger partial charge >= 0.3 is 0 Å². The van der Waals surface area contributed by atoms with Gasteiger partial charge in [-0.05, 0) is 55.3 Å². The Hall–Kier alpha value is -1.81. The lowest BCUT2D eigenvalue weighted by Gasteiger charge is -2.31. The van der Waals surface area contributed by atoms with Crippen LogP contribution in [0.5, 0.6) is 0 Å². The highest BCUT2D eigenvalue weighted by Crippen LogP contribution is 2.29. The Morgan fingerprint density at radius 1 is 1.21 bits per heavy atom. The standard InChI is InChI=1S/C20H23N3O3S3/c1-13-9-10-16-18(14(13)2)22(3)20(28-16)21-19(24)15-7-4-5-11-23(15)29(25,26)17-8-6-12-27-17/h6,8-10,12,15H,4-5,7,11H2,1-3H3. The average molecular weight is 450 g/mol. The number of rotatable bonds is 3. The molecule has 154 valence electrons. The Kier molecular flexibility index (Phi) is 5.50. The lowest BCUT2D eigenvalue weighted by atomic mass is 10.0. The van der Waals surface area contributed by atoms with E-state index >= 15 is 0 Å². The van der Waals surface area contributed by atoms with Crippen molar-refractivity contribution in [1.29, 1.82) is 0 Å². The molecule has 0 saturated carbocycles. The number of carbonyl (C=O) groups excluding carboxylic acids is 1. The van der Waals surface area contributed by atoms with Crippen LogP contribution in [0.4, 0.5) is 0 Å². The van der Waals surface area contributed by atoms with Gasteiger partial charge in [-0.3, -0.25) is 4.79 Å². The van der Waals surface area contributed by atoms with E-state index in [4.69, 9.17) is 0 Å². The molecule has 0 aliphatic carbocycles. The van der Waals surface area contributed by atoms with E-state index in [1.165, 1.54) is 32.5 Å². The molecule has 1 amide bonds. The lowest BCUT2D eigenvalue weighted by Crippen LogP contribution is -2.47. The second-order valence-corrected chi connectivity index (χ2v) is 11.4. The van der Waals surface area contributed by atoms with Crippen LogP contribution in [0.3, 0.4) is 0 Å². The van der Waals surface area contributed by atoms with Crippen LogP contribution >= 0.6 is 22.7 Å². The molecule has 1 fully saturated rings. The summed E-state index contributed by atoms with van der Waals surface area (Å²) in [5.41, 5.74) is 3.41. The number of benzene rings is 1. The van der Waals surface area contributed by atoms with Crippen LogP contribution in [0.2, 0.25) is 0 Å². The van der Waals surface area contributed by atoms with Crippen LogP contribution in [-0.4, -0.2) is 35.8 Å². The molecule has 1 aliphatic rings. The Bertz CT molecular complexity index is 1240. The highest BCUT2D eigenvalue weighted by atomic mass is 32.2. The van der Waals surface area contributed by atoms with Gasteiger partial charge in [0.05, 0.1) is 10.2 Å². The zero-order chi connectivity index (χ0) is 20.8. The largest absolute Gasteiger partial charge is 0.319 e. The zero-order valence-electron chi connectivity index (χ0n) is 16.6. The van der Waals surface area contributed by atoms with Gasteiger partial charge in [-0.25, -0.2) is 8.42 Å². The zero-order valence-corrected chi connectivity index (χ0v) is 19.0. The average Bonchev–Trinajstić information content (AvgIpc) is 3.35. The maximum Gasteiger partial charge on any atom is 0.266 e. The number of hydrogen-bond donors (Lipinski definition) is 0. The number of thiazole rings is 1. The van der Waals surface area contributed by atoms with Crippen LogP contribution in [0.1, 0.15) is 30.4 Å². The molecule has 6 nitrogen and oxygen atoms in total. The number of aromatic nitrogens is 1. The van der Waals surface area contributed by atoms with E-state index in [0.717, 1.165) is 28.6 Å². The molecule has 3 aromatic rings. The minimum atomic E-state index is -3.68. The number of thiophene rings is 1. The predicted molar refractivity (Wildman–Crippen MR) is 117 cm³/mol. The molecule has 3 heterocycles. The first-order chi connectivity index (χ1) is 13.8.